The van der Waals surface area contributed by atoms with Crippen LogP contribution < -0.4 is 10.3 Å². The van der Waals surface area contributed by atoms with Crippen LogP contribution in [0.2, 0.25) is 0 Å². The van der Waals surface area contributed by atoms with E-state index in [2.05, 4.69) is 30.4 Å². The van der Waals surface area contributed by atoms with Crippen LogP contribution in [0, 0.1) is 0 Å². The van der Waals surface area contributed by atoms with Gasteiger partial charge in [-0.2, -0.15) is 4.80 Å². The third-order valence-corrected chi connectivity index (χ3v) is 5.78. The second-order valence-electron chi connectivity index (χ2n) is 8.29. The van der Waals surface area contributed by atoms with Crippen molar-refractivity contribution >= 4 is 21.9 Å². The van der Waals surface area contributed by atoms with Crippen LogP contribution in [-0.4, -0.2) is 35.2 Å². The zero-order chi connectivity index (χ0) is 23.8. The first-order valence-corrected chi connectivity index (χ1v) is 11.2. The molecule has 0 aliphatic heterocycles. The van der Waals surface area contributed by atoms with E-state index in [1.807, 2.05) is 79.7 Å². The molecule has 3 heterocycles. The average molecular weight is 464 g/mol. The van der Waals surface area contributed by atoms with Gasteiger partial charge in [-0.15, -0.1) is 10.2 Å². The van der Waals surface area contributed by atoms with Crippen molar-refractivity contribution in [2.24, 2.45) is 0 Å². The lowest BCUT2D eigenvalue weighted by Crippen LogP contribution is -2.10. The molecule has 0 fully saturated rings. The van der Waals surface area contributed by atoms with Gasteiger partial charge in [0.1, 0.15) is 11.6 Å². The number of rotatable bonds is 6. The van der Waals surface area contributed by atoms with Crippen molar-refractivity contribution in [1.29, 1.82) is 0 Å². The maximum Gasteiger partial charge on any atom is 0.259 e. The topological polar surface area (TPSA) is 114 Å². The average Bonchev–Trinajstić information content (AvgIpc) is 3.51. The Kier molecular flexibility index (Phi) is 5.07. The number of para-hydroxylation sites is 3. The highest BCUT2D eigenvalue weighted by atomic mass is 16.5. The lowest BCUT2D eigenvalue weighted by molar-refractivity contribution is 0.217. The number of hydrogen-bond donors (Lipinski definition) is 2. The van der Waals surface area contributed by atoms with Crippen LogP contribution in [0.4, 0.5) is 0 Å². The maximum absolute atomic E-state index is 12.5. The monoisotopic (exact) mass is 463 g/mol. The Bertz CT molecular complexity index is 1680. The van der Waals surface area contributed by atoms with Gasteiger partial charge >= 0.3 is 0 Å². The minimum absolute atomic E-state index is 0.252. The van der Waals surface area contributed by atoms with Gasteiger partial charge in [-0.3, -0.25) is 4.79 Å². The number of H-pyrrole nitrogens is 2. The summed E-state index contributed by atoms with van der Waals surface area (Å²) in [6.45, 7) is 2.34. The number of ether oxygens (including phenoxy) is 1. The smallest absolute Gasteiger partial charge is 0.259 e. The number of hydrogen-bond acceptors (Lipinski definition) is 6. The number of nitrogens with zero attached hydrogens (tertiary/aromatic N) is 5. The first kappa shape index (κ1) is 20.8. The Labute approximate surface area is 199 Å². The van der Waals surface area contributed by atoms with Crippen LogP contribution in [0.25, 0.3) is 33.3 Å². The van der Waals surface area contributed by atoms with Crippen molar-refractivity contribution in [1.82, 2.24) is 35.2 Å². The van der Waals surface area contributed by atoms with Gasteiger partial charge in [-0.05, 0) is 59.5 Å². The minimum Gasteiger partial charge on any atom is -0.483 e. The van der Waals surface area contributed by atoms with Gasteiger partial charge in [0.15, 0.2) is 6.10 Å². The van der Waals surface area contributed by atoms with Gasteiger partial charge in [0.2, 0.25) is 5.82 Å². The summed E-state index contributed by atoms with van der Waals surface area (Å²) < 4.78 is 6.13. The molecule has 0 saturated heterocycles. The molecular formula is C26H21N7O2. The molecule has 0 aliphatic rings. The summed E-state index contributed by atoms with van der Waals surface area (Å²) in [5, 5.41) is 13.6. The summed E-state index contributed by atoms with van der Waals surface area (Å²) >= 11 is 0. The normalized spacial score (nSPS) is 12.3. The Morgan fingerprint density at radius 1 is 0.943 bits per heavy atom. The lowest BCUT2D eigenvalue weighted by Gasteiger charge is -2.13. The summed E-state index contributed by atoms with van der Waals surface area (Å²) in [4.78, 5) is 24.8. The van der Waals surface area contributed by atoms with Gasteiger partial charge in [0.05, 0.1) is 23.1 Å². The van der Waals surface area contributed by atoms with Gasteiger partial charge in [0.25, 0.3) is 5.56 Å². The lowest BCUT2D eigenvalue weighted by atomic mass is 10.1. The number of aromatic amines is 2. The molecule has 1 unspecified atom stereocenters. The molecule has 0 aliphatic carbocycles. The molecule has 0 radical (unpaired) electrons. The van der Waals surface area contributed by atoms with E-state index in [-0.39, 0.29) is 17.5 Å². The Morgan fingerprint density at radius 3 is 2.66 bits per heavy atom. The van der Waals surface area contributed by atoms with Crippen molar-refractivity contribution in [2.45, 2.75) is 19.6 Å². The van der Waals surface area contributed by atoms with E-state index in [0.29, 0.717) is 17.9 Å². The quantitative estimate of drug-likeness (QED) is 0.382. The zero-order valence-corrected chi connectivity index (χ0v) is 18.8. The van der Waals surface area contributed by atoms with Crippen molar-refractivity contribution in [2.75, 3.05) is 0 Å². The van der Waals surface area contributed by atoms with E-state index in [0.717, 1.165) is 33.3 Å². The molecule has 3 aromatic heterocycles. The second-order valence-corrected chi connectivity index (χ2v) is 8.29. The molecule has 35 heavy (non-hydrogen) atoms. The molecule has 0 spiro atoms. The number of benzene rings is 3. The SMILES string of the molecule is CC(Oc1cccc(Cn2nnc(-c3cc4ccccc4[nH]c3=O)n2)c1)c1nc2ccccc2[nH]1. The summed E-state index contributed by atoms with van der Waals surface area (Å²) in [6.07, 6.45) is -0.256. The fraction of sp³-hybridized carbons (Fsp3) is 0.115. The minimum atomic E-state index is -0.256. The van der Waals surface area contributed by atoms with Crippen LogP contribution in [0.3, 0.4) is 0 Å². The van der Waals surface area contributed by atoms with Crippen LogP contribution in [-0.2, 0) is 6.54 Å². The number of fused-ring (bicyclic) bond motifs is 2. The highest BCUT2D eigenvalue weighted by Crippen LogP contribution is 2.23. The van der Waals surface area contributed by atoms with Gasteiger partial charge in [-0.25, -0.2) is 4.98 Å². The molecule has 1 atom stereocenters. The van der Waals surface area contributed by atoms with Crippen LogP contribution in [0.15, 0.2) is 83.7 Å². The van der Waals surface area contributed by atoms with E-state index in [1.165, 1.54) is 4.80 Å². The summed E-state index contributed by atoms with van der Waals surface area (Å²) in [5.41, 5.74) is 3.72. The molecule has 6 rings (SSSR count). The van der Waals surface area contributed by atoms with Crippen molar-refractivity contribution in [3.8, 4) is 17.1 Å². The first-order chi connectivity index (χ1) is 17.1. The maximum atomic E-state index is 12.5. The number of nitrogens with one attached hydrogen (secondary N) is 2. The number of imidazole rings is 1. The van der Waals surface area contributed by atoms with Crippen LogP contribution in [0.1, 0.15) is 24.4 Å². The Hall–Kier alpha value is -4.79. The Balaban J connectivity index is 1.20. The molecule has 172 valence electrons. The van der Waals surface area contributed by atoms with Gasteiger partial charge < -0.3 is 14.7 Å². The fourth-order valence-corrected chi connectivity index (χ4v) is 4.04. The highest BCUT2D eigenvalue weighted by molar-refractivity contribution is 5.82. The van der Waals surface area contributed by atoms with Gasteiger partial charge in [0, 0.05) is 5.52 Å². The van der Waals surface area contributed by atoms with Crippen molar-refractivity contribution < 1.29 is 4.74 Å². The van der Waals surface area contributed by atoms with E-state index in [4.69, 9.17) is 4.74 Å². The van der Waals surface area contributed by atoms with Gasteiger partial charge in [-0.1, -0.05) is 42.5 Å². The van der Waals surface area contributed by atoms with E-state index < -0.39 is 0 Å². The zero-order valence-electron chi connectivity index (χ0n) is 18.8. The number of tetrazole rings is 1. The van der Waals surface area contributed by atoms with E-state index in [1.54, 1.807) is 6.07 Å². The summed E-state index contributed by atoms with van der Waals surface area (Å²) in [6, 6.07) is 25.0. The molecule has 0 amide bonds. The largest absolute Gasteiger partial charge is 0.483 e. The highest BCUT2D eigenvalue weighted by Gasteiger charge is 2.14. The molecule has 9 nitrogen and oxygen atoms in total. The third kappa shape index (κ3) is 4.15. The first-order valence-electron chi connectivity index (χ1n) is 11.2. The summed E-state index contributed by atoms with van der Waals surface area (Å²) in [5.74, 6) is 1.75. The molecule has 9 heteroatoms. The number of pyridine rings is 1. The summed E-state index contributed by atoms with van der Waals surface area (Å²) in [7, 11) is 0. The molecule has 0 saturated carbocycles. The molecular weight excluding hydrogens is 442 g/mol. The van der Waals surface area contributed by atoms with Crippen molar-refractivity contribution in [3.63, 3.8) is 0 Å². The van der Waals surface area contributed by atoms with Crippen molar-refractivity contribution in [3.05, 3.63) is 101 Å². The van der Waals surface area contributed by atoms with Crippen LogP contribution in [0.5, 0.6) is 5.75 Å². The predicted octanol–water partition coefficient (Wildman–Crippen LogP) is 4.25. The molecule has 0 bridgehead atoms. The van der Waals surface area contributed by atoms with E-state index >= 15 is 0 Å². The van der Waals surface area contributed by atoms with E-state index in [9.17, 15) is 4.79 Å². The Morgan fingerprint density at radius 2 is 1.77 bits per heavy atom. The molecule has 2 N–H and O–H groups in total. The van der Waals surface area contributed by atoms with Crippen LogP contribution >= 0.6 is 0 Å². The number of aromatic nitrogens is 7. The third-order valence-electron chi connectivity index (χ3n) is 5.78. The predicted molar refractivity (Wildman–Crippen MR) is 132 cm³/mol. The fourth-order valence-electron chi connectivity index (χ4n) is 4.04. The standard InChI is InChI=1S/C26H21N7O2/c1-16(24-27-22-11-4-5-12-23(22)28-24)35-19-9-6-7-17(13-19)15-33-31-25(30-32-33)20-14-18-8-2-3-10-21(18)29-26(20)34/h2-14,16H,15H2,1H3,(H,27,28)(H,29,34). The molecule has 3 aromatic carbocycles. The molecule has 6 aromatic rings. The second kappa shape index (κ2) is 8.53.